The molecule has 130 valence electrons. The van der Waals surface area contributed by atoms with Crippen LogP contribution in [0, 0.1) is 6.92 Å². The van der Waals surface area contributed by atoms with E-state index >= 15 is 0 Å². The van der Waals surface area contributed by atoms with Crippen LogP contribution in [0.1, 0.15) is 11.1 Å². The lowest BCUT2D eigenvalue weighted by atomic mass is 10.1. The Labute approximate surface area is 145 Å². The van der Waals surface area contributed by atoms with E-state index in [4.69, 9.17) is 0 Å². The summed E-state index contributed by atoms with van der Waals surface area (Å²) in [5.74, 6) is 0.0366. The van der Waals surface area contributed by atoms with E-state index in [0.717, 1.165) is 5.56 Å². The maximum atomic E-state index is 12.6. The molecule has 0 saturated carbocycles. The van der Waals surface area contributed by atoms with E-state index in [1.165, 1.54) is 22.8 Å². The van der Waals surface area contributed by atoms with Crippen LogP contribution in [-0.4, -0.2) is 18.1 Å². The summed E-state index contributed by atoms with van der Waals surface area (Å²) in [5, 5.41) is 10.4. The molecule has 0 saturated heterocycles. The lowest BCUT2D eigenvalue weighted by Gasteiger charge is -2.11. The van der Waals surface area contributed by atoms with E-state index in [1.54, 1.807) is 44.3 Å². The van der Waals surface area contributed by atoms with Crippen LogP contribution in [0.25, 0.3) is 10.9 Å². The standard InChI is InChI=1S/C18H18N2O4S/c1-12-9-18(22)20(2)16-8-7-14(10-15(12)16)25(23,24)19-11-13-5-3-4-6-17(13)21/h3-10,19,21H,11H2,1-2H3. The molecule has 0 aliphatic carbocycles. The number of rotatable bonds is 4. The van der Waals surface area contributed by atoms with Crippen molar-refractivity contribution in [2.24, 2.45) is 7.05 Å². The van der Waals surface area contributed by atoms with Crippen molar-refractivity contribution in [3.63, 3.8) is 0 Å². The summed E-state index contributed by atoms with van der Waals surface area (Å²) in [7, 11) is -2.11. The molecule has 0 radical (unpaired) electrons. The second-order valence-corrected chi connectivity index (χ2v) is 7.62. The van der Waals surface area contributed by atoms with Crippen LogP contribution >= 0.6 is 0 Å². The van der Waals surface area contributed by atoms with Crippen molar-refractivity contribution in [1.29, 1.82) is 0 Å². The zero-order valence-electron chi connectivity index (χ0n) is 13.9. The fourth-order valence-corrected chi connectivity index (χ4v) is 3.72. The zero-order valence-corrected chi connectivity index (χ0v) is 14.7. The SMILES string of the molecule is Cc1cc(=O)n(C)c2ccc(S(=O)(=O)NCc3ccccc3O)cc12. The van der Waals surface area contributed by atoms with Crippen molar-refractivity contribution in [3.8, 4) is 5.75 Å². The van der Waals surface area contributed by atoms with Gasteiger partial charge in [-0.05, 0) is 36.8 Å². The third-order valence-corrected chi connectivity index (χ3v) is 5.58. The number of hydrogen-bond donors (Lipinski definition) is 2. The van der Waals surface area contributed by atoms with Gasteiger partial charge in [-0.25, -0.2) is 13.1 Å². The van der Waals surface area contributed by atoms with Crippen LogP contribution in [0.2, 0.25) is 0 Å². The summed E-state index contributed by atoms with van der Waals surface area (Å²) in [4.78, 5) is 11.9. The van der Waals surface area contributed by atoms with Crippen molar-refractivity contribution in [1.82, 2.24) is 9.29 Å². The smallest absolute Gasteiger partial charge is 0.251 e. The minimum atomic E-state index is -3.75. The van der Waals surface area contributed by atoms with E-state index in [1.807, 2.05) is 0 Å². The summed E-state index contributed by atoms with van der Waals surface area (Å²) in [5.41, 5.74) is 1.74. The predicted octanol–water partition coefficient (Wildman–Crippen LogP) is 2.03. The molecular formula is C18H18N2O4S. The lowest BCUT2D eigenvalue weighted by Crippen LogP contribution is -2.23. The number of pyridine rings is 1. The summed E-state index contributed by atoms with van der Waals surface area (Å²) in [6.45, 7) is 1.76. The number of nitrogens with zero attached hydrogens (tertiary/aromatic N) is 1. The second-order valence-electron chi connectivity index (χ2n) is 5.86. The molecule has 1 aromatic heterocycles. The topological polar surface area (TPSA) is 88.4 Å². The first-order chi connectivity index (χ1) is 11.8. The number of fused-ring (bicyclic) bond motifs is 1. The molecule has 3 rings (SSSR count). The Kier molecular flexibility index (Phi) is 4.36. The van der Waals surface area contributed by atoms with Gasteiger partial charge in [0.2, 0.25) is 10.0 Å². The number of aromatic nitrogens is 1. The molecule has 0 fully saturated rings. The summed E-state index contributed by atoms with van der Waals surface area (Å²) >= 11 is 0. The third kappa shape index (κ3) is 3.29. The number of aryl methyl sites for hydroxylation is 2. The Balaban J connectivity index is 1.97. The van der Waals surface area contributed by atoms with Gasteiger partial charge in [0.15, 0.2) is 0 Å². The maximum Gasteiger partial charge on any atom is 0.251 e. The summed E-state index contributed by atoms with van der Waals surface area (Å²) in [6.07, 6.45) is 0. The third-order valence-electron chi connectivity index (χ3n) is 4.18. The minimum absolute atomic E-state index is 0.0146. The maximum absolute atomic E-state index is 12.6. The van der Waals surface area contributed by atoms with Crippen molar-refractivity contribution < 1.29 is 13.5 Å². The van der Waals surface area contributed by atoms with Gasteiger partial charge in [0.05, 0.1) is 10.4 Å². The number of para-hydroxylation sites is 1. The molecule has 2 N–H and O–H groups in total. The fourth-order valence-electron chi connectivity index (χ4n) is 2.69. The Morgan fingerprint density at radius 1 is 1.12 bits per heavy atom. The summed E-state index contributed by atoms with van der Waals surface area (Å²) < 4.78 is 29.1. The van der Waals surface area contributed by atoms with Crippen LogP contribution in [0.15, 0.2) is 58.2 Å². The zero-order chi connectivity index (χ0) is 18.2. The highest BCUT2D eigenvalue weighted by Crippen LogP contribution is 2.21. The number of phenolic OH excluding ortho intramolecular Hbond substituents is 1. The van der Waals surface area contributed by atoms with Crippen molar-refractivity contribution in [3.05, 3.63) is 70.0 Å². The molecular weight excluding hydrogens is 340 g/mol. The molecule has 3 aromatic rings. The van der Waals surface area contributed by atoms with E-state index < -0.39 is 10.0 Å². The number of sulfonamides is 1. The van der Waals surface area contributed by atoms with E-state index in [9.17, 15) is 18.3 Å². The molecule has 0 spiro atoms. The van der Waals surface area contributed by atoms with Gasteiger partial charge in [0.1, 0.15) is 5.75 Å². The first-order valence-electron chi connectivity index (χ1n) is 7.66. The summed E-state index contributed by atoms with van der Waals surface area (Å²) in [6, 6.07) is 12.7. The first-order valence-corrected chi connectivity index (χ1v) is 9.15. The van der Waals surface area contributed by atoms with Gasteiger partial charge in [0.25, 0.3) is 5.56 Å². The largest absolute Gasteiger partial charge is 0.508 e. The fraction of sp³-hybridized carbons (Fsp3) is 0.167. The second kappa shape index (κ2) is 6.34. The van der Waals surface area contributed by atoms with Crippen molar-refractivity contribution >= 4 is 20.9 Å². The quantitative estimate of drug-likeness (QED) is 0.747. The van der Waals surface area contributed by atoms with Gasteiger partial charge in [-0.1, -0.05) is 18.2 Å². The number of hydrogen-bond acceptors (Lipinski definition) is 4. The minimum Gasteiger partial charge on any atom is -0.508 e. The van der Waals surface area contributed by atoms with Gasteiger partial charge < -0.3 is 9.67 Å². The van der Waals surface area contributed by atoms with Crippen LogP contribution in [0.5, 0.6) is 5.75 Å². The van der Waals surface area contributed by atoms with Gasteiger partial charge in [0, 0.05) is 30.6 Å². The molecule has 2 aromatic carbocycles. The van der Waals surface area contributed by atoms with E-state index in [0.29, 0.717) is 16.5 Å². The average Bonchev–Trinajstić information content (AvgIpc) is 2.58. The first kappa shape index (κ1) is 17.2. The molecule has 0 atom stereocenters. The predicted molar refractivity (Wildman–Crippen MR) is 96.1 cm³/mol. The Morgan fingerprint density at radius 3 is 2.56 bits per heavy atom. The van der Waals surface area contributed by atoms with E-state index in [2.05, 4.69) is 4.72 Å². The number of aromatic hydroxyl groups is 1. The van der Waals surface area contributed by atoms with Gasteiger partial charge >= 0.3 is 0 Å². The molecule has 6 nitrogen and oxygen atoms in total. The molecule has 25 heavy (non-hydrogen) atoms. The number of benzene rings is 2. The molecule has 0 amide bonds. The molecule has 0 aliphatic rings. The van der Waals surface area contributed by atoms with Crippen LogP contribution in [0.4, 0.5) is 0 Å². The van der Waals surface area contributed by atoms with Gasteiger partial charge in [-0.3, -0.25) is 4.79 Å². The molecule has 0 unspecified atom stereocenters. The average molecular weight is 358 g/mol. The number of nitrogens with one attached hydrogen (secondary N) is 1. The van der Waals surface area contributed by atoms with Crippen molar-refractivity contribution in [2.45, 2.75) is 18.4 Å². The monoisotopic (exact) mass is 358 g/mol. The highest BCUT2D eigenvalue weighted by atomic mass is 32.2. The number of phenols is 1. The highest BCUT2D eigenvalue weighted by Gasteiger charge is 2.16. The molecule has 0 aliphatic heterocycles. The Morgan fingerprint density at radius 2 is 1.84 bits per heavy atom. The van der Waals surface area contributed by atoms with Crippen LogP contribution < -0.4 is 10.3 Å². The molecule has 1 heterocycles. The lowest BCUT2D eigenvalue weighted by molar-refractivity contribution is 0.467. The van der Waals surface area contributed by atoms with Crippen LogP contribution in [-0.2, 0) is 23.6 Å². The molecule has 0 bridgehead atoms. The Hall–Kier alpha value is -2.64. The van der Waals surface area contributed by atoms with Crippen molar-refractivity contribution in [2.75, 3.05) is 0 Å². The molecule has 7 heteroatoms. The van der Waals surface area contributed by atoms with Gasteiger partial charge in [-0.2, -0.15) is 0 Å². The van der Waals surface area contributed by atoms with Gasteiger partial charge in [-0.15, -0.1) is 0 Å². The Bertz CT molecular complexity index is 1120. The normalized spacial score (nSPS) is 11.8. The van der Waals surface area contributed by atoms with E-state index in [-0.39, 0.29) is 22.7 Å². The van der Waals surface area contributed by atoms with Crippen LogP contribution in [0.3, 0.4) is 0 Å². The highest BCUT2D eigenvalue weighted by molar-refractivity contribution is 7.89.